The minimum atomic E-state index is -0.286. The van der Waals surface area contributed by atoms with Crippen molar-refractivity contribution in [3.8, 4) is 5.75 Å². The Hall–Kier alpha value is -3.68. The topological polar surface area (TPSA) is 70.6 Å². The Kier molecular flexibility index (Phi) is 5.81. The second-order valence-corrected chi connectivity index (χ2v) is 8.42. The van der Waals surface area contributed by atoms with Gasteiger partial charge in [-0.25, -0.2) is 9.37 Å². The molecule has 1 aromatic heterocycles. The van der Waals surface area contributed by atoms with Crippen LogP contribution in [0.3, 0.4) is 0 Å². The first-order valence-corrected chi connectivity index (χ1v) is 11.1. The van der Waals surface area contributed by atoms with Crippen molar-refractivity contribution in [1.29, 1.82) is 0 Å². The van der Waals surface area contributed by atoms with Gasteiger partial charge in [0.25, 0.3) is 0 Å². The lowest BCUT2D eigenvalue weighted by Crippen LogP contribution is -2.61. The van der Waals surface area contributed by atoms with Crippen LogP contribution in [0.5, 0.6) is 5.75 Å². The Morgan fingerprint density at radius 3 is 2.79 bits per heavy atom. The van der Waals surface area contributed by atoms with Gasteiger partial charge in [-0.15, -0.1) is 0 Å². The van der Waals surface area contributed by atoms with Crippen LogP contribution in [-0.2, 0) is 17.8 Å². The van der Waals surface area contributed by atoms with Crippen LogP contribution in [0.4, 0.5) is 15.9 Å². The Bertz CT molecular complexity index is 1130. The highest BCUT2D eigenvalue weighted by atomic mass is 19.1. The Labute approximate surface area is 192 Å². The minimum absolute atomic E-state index is 0.00297. The number of piperazine rings is 1. The first kappa shape index (κ1) is 21.2. The number of halogens is 1. The Balaban J connectivity index is 1.41. The highest BCUT2D eigenvalue weighted by Crippen LogP contribution is 2.38. The molecule has 2 atom stereocenters. The molecule has 1 amide bonds. The third kappa shape index (κ3) is 4.33. The summed E-state index contributed by atoms with van der Waals surface area (Å²) >= 11 is 0. The lowest BCUT2D eigenvalue weighted by molar-refractivity contribution is -0.126. The van der Waals surface area contributed by atoms with Gasteiger partial charge in [-0.05, 0) is 35.7 Å². The molecule has 33 heavy (non-hydrogen) atoms. The number of carbonyl (C=O) groups excluding carboxylic acids is 1. The monoisotopic (exact) mass is 447 g/mol. The fourth-order valence-electron chi connectivity index (χ4n) is 4.79. The molecule has 0 spiro atoms. The molecule has 0 aliphatic carbocycles. The quantitative estimate of drug-likeness (QED) is 0.649. The number of nitrogens with zero attached hydrogens (tertiary/aromatic N) is 4. The maximum absolute atomic E-state index is 13.4. The van der Waals surface area contributed by atoms with Gasteiger partial charge in [0.05, 0.1) is 25.3 Å². The van der Waals surface area contributed by atoms with Crippen molar-refractivity contribution < 1.29 is 13.9 Å². The first-order chi connectivity index (χ1) is 16.1. The van der Waals surface area contributed by atoms with Crippen LogP contribution in [0.1, 0.15) is 11.1 Å². The van der Waals surface area contributed by atoms with Gasteiger partial charge in [-0.3, -0.25) is 9.78 Å². The van der Waals surface area contributed by atoms with Gasteiger partial charge in [0, 0.05) is 50.3 Å². The molecule has 8 heteroatoms. The first-order valence-electron chi connectivity index (χ1n) is 11.1. The van der Waals surface area contributed by atoms with Crippen molar-refractivity contribution in [2.75, 3.05) is 36.5 Å². The average molecular weight is 448 g/mol. The number of anilines is 2. The number of amides is 1. The van der Waals surface area contributed by atoms with Gasteiger partial charge in [-0.1, -0.05) is 18.2 Å². The van der Waals surface area contributed by atoms with Gasteiger partial charge in [-0.2, -0.15) is 0 Å². The number of carbonyl (C=O) groups is 1. The summed E-state index contributed by atoms with van der Waals surface area (Å²) in [6.45, 7) is 2.59. The number of nitrogens with one attached hydrogen (secondary N) is 1. The fourth-order valence-corrected chi connectivity index (χ4v) is 4.79. The number of hydrogen-bond donors (Lipinski definition) is 1. The molecule has 5 rings (SSSR count). The Morgan fingerprint density at radius 1 is 1.18 bits per heavy atom. The predicted molar refractivity (Wildman–Crippen MR) is 124 cm³/mol. The summed E-state index contributed by atoms with van der Waals surface area (Å²) in [4.78, 5) is 26.6. The van der Waals surface area contributed by atoms with Gasteiger partial charge in [0.1, 0.15) is 17.4 Å². The van der Waals surface area contributed by atoms with Crippen LogP contribution >= 0.6 is 0 Å². The number of aromatic nitrogens is 2. The summed E-state index contributed by atoms with van der Waals surface area (Å²) in [5.41, 5.74) is 3.13. The lowest BCUT2D eigenvalue weighted by Gasteiger charge is -2.49. The predicted octanol–water partition coefficient (Wildman–Crippen LogP) is 2.81. The van der Waals surface area contributed by atoms with E-state index in [0.717, 1.165) is 41.5 Å². The highest BCUT2D eigenvalue weighted by molar-refractivity contribution is 5.82. The van der Waals surface area contributed by atoms with Crippen molar-refractivity contribution in [2.24, 2.45) is 5.92 Å². The third-order valence-corrected chi connectivity index (χ3v) is 6.52. The second kappa shape index (κ2) is 9.05. The van der Waals surface area contributed by atoms with Crippen LogP contribution in [0.25, 0.3) is 0 Å². The van der Waals surface area contributed by atoms with Gasteiger partial charge < -0.3 is 19.9 Å². The summed E-state index contributed by atoms with van der Waals surface area (Å²) < 4.78 is 18.7. The smallest absolute Gasteiger partial charge is 0.225 e. The molecule has 2 aliphatic heterocycles. The molecule has 2 aromatic carbocycles. The second-order valence-electron chi connectivity index (χ2n) is 8.42. The van der Waals surface area contributed by atoms with E-state index >= 15 is 0 Å². The number of benzene rings is 2. The fraction of sp³-hybridized carbons (Fsp3) is 0.320. The molecule has 1 N–H and O–H groups in total. The zero-order valence-electron chi connectivity index (χ0n) is 18.4. The standard InChI is InChI=1S/C25H26FN5O2/c1-33-20-7-4-18-12-21(25(32)29-14-17-2-5-19(26)6-3-17)23-16-30(24-15-27-8-9-28-24)10-11-31(23)22(18)13-20/h2-9,13,15,21,23H,10-12,14,16H2,1H3,(H,29,32)/t21-,23-/m0/s1. The molecule has 2 aliphatic rings. The zero-order chi connectivity index (χ0) is 22.8. The molecule has 1 fully saturated rings. The molecular formula is C25H26FN5O2. The van der Waals surface area contributed by atoms with E-state index in [1.54, 1.807) is 37.8 Å². The van der Waals surface area contributed by atoms with Crippen LogP contribution < -0.4 is 19.9 Å². The maximum atomic E-state index is 13.4. The van der Waals surface area contributed by atoms with E-state index in [0.29, 0.717) is 19.5 Å². The molecule has 0 bridgehead atoms. The van der Waals surface area contributed by atoms with Crippen molar-refractivity contribution in [1.82, 2.24) is 15.3 Å². The molecule has 170 valence electrons. The van der Waals surface area contributed by atoms with Crippen LogP contribution in [0.2, 0.25) is 0 Å². The van der Waals surface area contributed by atoms with E-state index in [9.17, 15) is 9.18 Å². The number of fused-ring (bicyclic) bond motifs is 3. The molecule has 3 heterocycles. The van der Waals surface area contributed by atoms with Crippen LogP contribution in [0, 0.1) is 11.7 Å². The number of ether oxygens (including phenoxy) is 1. The van der Waals surface area contributed by atoms with E-state index < -0.39 is 0 Å². The number of hydrogen-bond acceptors (Lipinski definition) is 6. The highest BCUT2D eigenvalue weighted by Gasteiger charge is 2.42. The van der Waals surface area contributed by atoms with E-state index in [-0.39, 0.29) is 23.7 Å². The van der Waals surface area contributed by atoms with Crippen molar-refractivity contribution in [3.05, 3.63) is 78.0 Å². The van der Waals surface area contributed by atoms with Gasteiger partial charge in [0.15, 0.2) is 0 Å². The van der Waals surface area contributed by atoms with E-state index in [4.69, 9.17) is 4.74 Å². The molecule has 3 aromatic rings. The van der Waals surface area contributed by atoms with E-state index in [2.05, 4.69) is 37.2 Å². The van der Waals surface area contributed by atoms with Crippen molar-refractivity contribution in [2.45, 2.75) is 19.0 Å². The molecule has 0 radical (unpaired) electrons. The van der Waals surface area contributed by atoms with Crippen molar-refractivity contribution >= 4 is 17.4 Å². The average Bonchev–Trinajstić information content (AvgIpc) is 2.87. The minimum Gasteiger partial charge on any atom is -0.497 e. The van der Waals surface area contributed by atoms with E-state index in [1.807, 2.05) is 6.07 Å². The molecular weight excluding hydrogens is 421 g/mol. The van der Waals surface area contributed by atoms with E-state index in [1.165, 1.54) is 12.1 Å². The molecule has 7 nitrogen and oxygen atoms in total. The largest absolute Gasteiger partial charge is 0.497 e. The van der Waals surface area contributed by atoms with Crippen LogP contribution in [0.15, 0.2) is 61.1 Å². The normalized spacial score (nSPS) is 19.5. The third-order valence-electron chi connectivity index (χ3n) is 6.52. The van der Waals surface area contributed by atoms with Crippen molar-refractivity contribution in [3.63, 3.8) is 0 Å². The number of methoxy groups -OCH3 is 1. The van der Waals surface area contributed by atoms with Gasteiger partial charge in [0.2, 0.25) is 5.91 Å². The summed E-state index contributed by atoms with van der Waals surface area (Å²) in [7, 11) is 1.67. The molecule has 0 unspecified atom stereocenters. The SMILES string of the molecule is COc1ccc2c(c1)N1CCN(c3cnccn3)C[C@H]1[C@@H](C(=O)NCc1ccc(F)cc1)C2. The number of rotatable bonds is 5. The summed E-state index contributed by atoms with van der Waals surface area (Å²) in [6, 6.07) is 12.3. The summed E-state index contributed by atoms with van der Waals surface area (Å²) in [6.07, 6.45) is 5.76. The summed E-state index contributed by atoms with van der Waals surface area (Å²) in [5, 5.41) is 3.07. The summed E-state index contributed by atoms with van der Waals surface area (Å²) in [5.74, 6) is 1.11. The molecule has 1 saturated heterocycles. The zero-order valence-corrected chi connectivity index (χ0v) is 18.4. The van der Waals surface area contributed by atoms with Gasteiger partial charge >= 0.3 is 0 Å². The Morgan fingerprint density at radius 2 is 2.03 bits per heavy atom. The lowest BCUT2D eigenvalue weighted by atomic mass is 9.83. The van der Waals surface area contributed by atoms with Crippen LogP contribution in [-0.4, -0.2) is 48.7 Å². The molecule has 0 saturated carbocycles. The maximum Gasteiger partial charge on any atom is 0.225 e.